The van der Waals surface area contributed by atoms with Gasteiger partial charge in [0.25, 0.3) is 10.1 Å². The third-order valence-electron chi connectivity index (χ3n) is 4.08. The number of ether oxygens (including phenoxy) is 2. The molecular formula is C18H18Cl2O5S. The number of hydrogen-bond acceptors (Lipinski definition) is 5. The van der Waals surface area contributed by atoms with Gasteiger partial charge in [0.2, 0.25) is 0 Å². The minimum Gasteiger partial charge on any atom is -0.343 e. The number of benzene rings is 2. The molecule has 1 heterocycles. The first-order chi connectivity index (χ1) is 12.2. The molecule has 0 aliphatic carbocycles. The van der Waals surface area contributed by atoms with Gasteiger partial charge in [-0.25, -0.2) is 0 Å². The molecule has 0 aromatic heterocycles. The summed E-state index contributed by atoms with van der Waals surface area (Å²) < 4.78 is 41.3. The Balaban J connectivity index is 1.66. The van der Waals surface area contributed by atoms with E-state index in [4.69, 9.17) is 36.9 Å². The molecule has 1 saturated heterocycles. The topological polar surface area (TPSA) is 61.8 Å². The van der Waals surface area contributed by atoms with Crippen molar-refractivity contribution in [2.24, 2.45) is 0 Å². The van der Waals surface area contributed by atoms with Gasteiger partial charge >= 0.3 is 0 Å². The smallest absolute Gasteiger partial charge is 0.297 e. The van der Waals surface area contributed by atoms with E-state index in [0.717, 1.165) is 5.56 Å². The SMILES string of the molecule is Cc1ccc(S(=O)(=O)OC[C@H]2CO[C@](C)(c3ccc(Cl)cc3Cl)O2)cc1. The molecule has 1 aliphatic heterocycles. The van der Waals surface area contributed by atoms with Gasteiger partial charge in [-0.2, -0.15) is 8.42 Å². The van der Waals surface area contributed by atoms with Gasteiger partial charge in [-0.1, -0.05) is 47.0 Å². The monoisotopic (exact) mass is 416 g/mol. The van der Waals surface area contributed by atoms with Crippen molar-refractivity contribution in [3.8, 4) is 0 Å². The third-order valence-corrected chi connectivity index (χ3v) is 5.92. The molecule has 26 heavy (non-hydrogen) atoms. The van der Waals surface area contributed by atoms with Crippen LogP contribution in [0.1, 0.15) is 18.1 Å². The van der Waals surface area contributed by atoms with Crippen molar-refractivity contribution in [2.45, 2.75) is 30.6 Å². The minimum absolute atomic E-state index is 0.102. The first kappa shape index (κ1) is 19.6. The quantitative estimate of drug-likeness (QED) is 0.679. The normalized spacial score (nSPS) is 23.3. The van der Waals surface area contributed by atoms with Crippen LogP contribution in [0, 0.1) is 6.92 Å². The van der Waals surface area contributed by atoms with Crippen LogP contribution in [0.2, 0.25) is 10.0 Å². The average molecular weight is 417 g/mol. The molecule has 0 saturated carbocycles. The van der Waals surface area contributed by atoms with Crippen LogP contribution in [0.3, 0.4) is 0 Å². The van der Waals surface area contributed by atoms with Crippen LogP contribution in [0.4, 0.5) is 0 Å². The molecule has 2 aromatic carbocycles. The summed E-state index contributed by atoms with van der Waals surface area (Å²) in [6.07, 6.45) is -0.549. The molecule has 3 rings (SSSR count). The fourth-order valence-corrected chi connectivity index (χ4v) is 4.17. The van der Waals surface area contributed by atoms with Crippen molar-refractivity contribution in [2.75, 3.05) is 13.2 Å². The molecule has 140 valence electrons. The largest absolute Gasteiger partial charge is 0.343 e. The molecule has 0 N–H and O–H groups in total. The van der Waals surface area contributed by atoms with E-state index in [0.29, 0.717) is 15.6 Å². The Morgan fingerprint density at radius 2 is 1.88 bits per heavy atom. The van der Waals surface area contributed by atoms with E-state index in [9.17, 15) is 8.42 Å². The number of rotatable bonds is 5. The van der Waals surface area contributed by atoms with E-state index < -0.39 is 22.0 Å². The second-order valence-corrected chi connectivity index (χ2v) is 8.63. The molecular weight excluding hydrogens is 399 g/mol. The van der Waals surface area contributed by atoms with Crippen LogP contribution < -0.4 is 0 Å². The Kier molecular flexibility index (Phi) is 5.63. The summed E-state index contributed by atoms with van der Waals surface area (Å²) in [6, 6.07) is 11.4. The summed E-state index contributed by atoms with van der Waals surface area (Å²) in [4.78, 5) is 0.102. The minimum atomic E-state index is -3.86. The maximum absolute atomic E-state index is 12.3. The van der Waals surface area contributed by atoms with E-state index in [2.05, 4.69) is 0 Å². The Morgan fingerprint density at radius 3 is 2.54 bits per heavy atom. The predicted octanol–water partition coefficient (Wildman–Crippen LogP) is 4.30. The lowest BCUT2D eigenvalue weighted by Gasteiger charge is -2.25. The third kappa shape index (κ3) is 4.22. The van der Waals surface area contributed by atoms with Crippen molar-refractivity contribution in [1.29, 1.82) is 0 Å². The standard InChI is InChI=1S/C18H18Cl2O5S/c1-12-3-6-15(7-4-12)26(21,22)24-11-14-10-23-18(2,25-14)16-8-5-13(19)9-17(16)20/h3-9,14H,10-11H2,1-2H3/t14-,18+/m1/s1. The maximum Gasteiger partial charge on any atom is 0.297 e. The summed E-state index contributed by atoms with van der Waals surface area (Å²) >= 11 is 12.1. The zero-order chi connectivity index (χ0) is 18.9. The van der Waals surface area contributed by atoms with Gasteiger partial charge in [-0.3, -0.25) is 4.18 Å². The van der Waals surface area contributed by atoms with Gasteiger partial charge < -0.3 is 9.47 Å². The highest BCUT2D eigenvalue weighted by Crippen LogP contribution is 2.38. The van der Waals surface area contributed by atoms with E-state index in [-0.39, 0.29) is 18.1 Å². The number of aryl methyl sites for hydroxylation is 1. The van der Waals surface area contributed by atoms with Crippen molar-refractivity contribution in [1.82, 2.24) is 0 Å². The molecule has 1 aliphatic rings. The van der Waals surface area contributed by atoms with Gasteiger partial charge in [0.1, 0.15) is 6.10 Å². The Morgan fingerprint density at radius 1 is 1.19 bits per heavy atom. The van der Waals surface area contributed by atoms with Crippen LogP contribution >= 0.6 is 23.2 Å². The predicted molar refractivity (Wildman–Crippen MR) is 99.0 cm³/mol. The first-order valence-corrected chi connectivity index (χ1v) is 10.1. The van der Waals surface area contributed by atoms with Gasteiger partial charge in [0.15, 0.2) is 5.79 Å². The summed E-state index contributed by atoms with van der Waals surface area (Å²) in [6.45, 7) is 3.62. The Bertz CT molecular complexity index is 898. The fourth-order valence-electron chi connectivity index (χ4n) is 2.66. The molecule has 2 aromatic rings. The second-order valence-electron chi connectivity index (χ2n) is 6.17. The highest BCUT2D eigenvalue weighted by molar-refractivity contribution is 7.86. The zero-order valence-corrected chi connectivity index (χ0v) is 16.6. The Hall–Kier alpha value is -1.15. The lowest BCUT2D eigenvalue weighted by Crippen LogP contribution is -2.26. The van der Waals surface area contributed by atoms with Gasteiger partial charge in [-0.05, 0) is 38.1 Å². The number of halogens is 2. The molecule has 0 spiro atoms. The highest BCUT2D eigenvalue weighted by atomic mass is 35.5. The molecule has 5 nitrogen and oxygen atoms in total. The van der Waals surface area contributed by atoms with Crippen molar-refractivity contribution >= 4 is 33.3 Å². The van der Waals surface area contributed by atoms with Crippen molar-refractivity contribution < 1.29 is 22.1 Å². The van der Waals surface area contributed by atoms with E-state index in [1.807, 2.05) is 6.92 Å². The van der Waals surface area contributed by atoms with E-state index in [1.54, 1.807) is 37.3 Å². The molecule has 0 bridgehead atoms. The van der Waals surface area contributed by atoms with Crippen molar-refractivity contribution in [3.05, 3.63) is 63.6 Å². The molecule has 8 heteroatoms. The molecule has 0 radical (unpaired) electrons. The average Bonchev–Trinajstić information content (AvgIpc) is 2.96. The molecule has 0 unspecified atom stereocenters. The summed E-state index contributed by atoms with van der Waals surface area (Å²) in [5, 5.41) is 0.915. The lowest BCUT2D eigenvalue weighted by molar-refractivity contribution is -0.164. The van der Waals surface area contributed by atoms with Crippen LogP contribution in [0.25, 0.3) is 0 Å². The molecule has 0 amide bonds. The Labute approximate surface area is 162 Å². The van der Waals surface area contributed by atoms with Gasteiger partial charge in [-0.15, -0.1) is 0 Å². The summed E-state index contributed by atoms with van der Waals surface area (Å²) in [5.74, 6) is -1.09. The summed E-state index contributed by atoms with van der Waals surface area (Å²) in [5.41, 5.74) is 1.58. The van der Waals surface area contributed by atoms with Crippen LogP contribution in [-0.4, -0.2) is 27.7 Å². The molecule has 2 atom stereocenters. The summed E-state index contributed by atoms with van der Waals surface area (Å²) in [7, 11) is -3.86. The van der Waals surface area contributed by atoms with Gasteiger partial charge in [0, 0.05) is 10.6 Å². The zero-order valence-electron chi connectivity index (χ0n) is 14.2. The highest BCUT2D eigenvalue weighted by Gasteiger charge is 2.41. The van der Waals surface area contributed by atoms with E-state index in [1.165, 1.54) is 12.1 Å². The van der Waals surface area contributed by atoms with E-state index >= 15 is 0 Å². The second kappa shape index (κ2) is 7.46. The molecule has 1 fully saturated rings. The van der Waals surface area contributed by atoms with Crippen LogP contribution in [-0.2, 0) is 29.6 Å². The van der Waals surface area contributed by atoms with Gasteiger partial charge in [0.05, 0.1) is 23.1 Å². The first-order valence-electron chi connectivity index (χ1n) is 7.93. The maximum atomic E-state index is 12.3. The van der Waals surface area contributed by atoms with Crippen LogP contribution in [0.5, 0.6) is 0 Å². The fraction of sp³-hybridized carbons (Fsp3) is 0.333. The van der Waals surface area contributed by atoms with Crippen LogP contribution in [0.15, 0.2) is 47.4 Å². The van der Waals surface area contributed by atoms with Crippen molar-refractivity contribution in [3.63, 3.8) is 0 Å². The lowest BCUT2D eigenvalue weighted by atomic mass is 10.1. The number of hydrogen-bond donors (Lipinski definition) is 0.